The van der Waals surface area contributed by atoms with Gasteiger partial charge in [0.2, 0.25) is 11.8 Å². The maximum atomic E-state index is 13.7. The van der Waals surface area contributed by atoms with Crippen LogP contribution in [0.15, 0.2) is 89.8 Å². The number of hydrogen-bond donors (Lipinski definition) is 1. The van der Waals surface area contributed by atoms with E-state index in [0.29, 0.717) is 22.5 Å². The molecule has 1 atom stereocenters. The van der Waals surface area contributed by atoms with Crippen LogP contribution in [-0.2, 0) is 32.3 Å². The van der Waals surface area contributed by atoms with Crippen LogP contribution in [0.5, 0.6) is 0 Å². The molecule has 1 N–H and O–H groups in total. The van der Waals surface area contributed by atoms with Gasteiger partial charge in [0.1, 0.15) is 12.6 Å². The summed E-state index contributed by atoms with van der Waals surface area (Å²) in [5, 5.41) is 2.64. The number of anilines is 1. The summed E-state index contributed by atoms with van der Waals surface area (Å²) in [4.78, 5) is 27.3. The number of carbonyl (C=O) groups is 2. The Kier molecular flexibility index (Phi) is 9.16. The van der Waals surface area contributed by atoms with E-state index < -0.39 is 46.2 Å². The summed E-state index contributed by atoms with van der Waals surface area (Å²) in [5.41, 5.74) is -0.705. The third kappa shape index (κ3) is 6.91. The van der Waals surface area contributed by atoms with Crippen molar-refractivity contribution >= 4 is 27.5 Å². The highest BCUT2D eigenvalue weighted by molar-refractivity contribution is 7.92. The first-order valence-corrected chi connectivity index (χ1v) is 13.2. The number of benzene rings is 3. The van der Waals surface area contributed by atoms with Gasteiger partial charge in [0.25, 0.3) is 10.0 Å². The van der Waals surface area contributed by atoms with Gasteiger partial charge < -0.3 is 10.2 Å². The third-order valence-electron chi connectivity index (χ3n) is 5.79. The predicted molar refractivity (Wildman–Crippen MR) is 138 cm³/mol. The lowest BCUT2D eigenvalue weighted by Crippen LogP contribution is -2.51. The first kappa shape index (κ1) is 28.7. The number of amides is 2. The fourth-order valence-electron chi connectivity index (χ4n) is 3.77. The van der Waals surface area contributed by atoms with Gasteiger partial charge in [0.05, 0.1) is 16.1 Å². The molecular weight excluding hydrogens is 519 g/mol. The van der Waals surface area contributed by atoms with E-state index in [-0.39, 0.29) is 17.1 Å². The molecule has 0 aliphatic carbocycles. The number of likely N-dealkylation sites (N-methyl/N-ethyl adjacent to an activating group) is 1. The Hall–Kier alpha value is -3.86. The average Bonchev–Trinajstić information content (AvgIpc) is 2.90. The lowest BCUT2D eigenvalue weighted by Gasteiger charge is -2.32. The maximum Gasteiger partial charge on any atom is 0.416 e. The smallest absolute Gasteiger partial charge is 0.355 e. The van der Waals surface area contributed by atoms with Crippen molar-refractivity contribution in [3.05, 3.63) is 96.1 Å². The molecular formula is C27H28F3N3O4S. The minimum Gasteiger partial charge on any atom is -0.355 e. The van der Waals surface area contributed by atoms with E-state index >= 15 is 0 Å². The second-order valence-electron chi connectivity index (χ2n) is 8.45. The molecule has 0 radical (unpaired) electrons. The van der Waals surface area contributed by atoms with E-state index in [1.54, 1.807) is 43.3 Å². The van der Waals surface area contributed by atoms with E-state index in [2.05, 4.69) is 5.32 Å². The number of sulfonamides is 1. The first-order chi connectivity index (χ1) is 17.9. The number of halogens is 3. The molecule has 0 aromatic heterocycles. The number of nitrogens with zero attached hydrogens (tertiary/aromatic N) is 2. The second kappa shape index (κ2) is 12.1. The van der Waals surface area contributed by atoms with E-state index in [1.165, 1.54) is 42.2 Å². The Bertz CT molecular complexity index is 1350. The molecule has 3 aromatic rings. The Labute approximate surface area is 219 Å². The largest absolute Gasteiger partial charge is 0.416 e. The van der Waals surface area contributed by atoms with Crippen molar-refractivity contribution in [2.45, 2.75) is 37.5 Å². The van der Waals surface area contributed by atoms with Gasteiger partial charge in [-0.15, -0.1) is 0 Å². The van der Waals surface area contributed by atoms with Gasteiger partial charge >= 0.3 is 6.18 Å². The molecule has 11 heteroatoms. The molecule has 0 aliphatic heterocycles. The summed E-state index contributed by atoms with van der Waals surface area (Å²) in [5.74, 6) is -1.21. The maximum absolute atomic E-state index is 13.7. The summed E-state index contributed by atoms with van der Waals surface area (Å²) in [6.45, 7) is 2.70. The van der Waals surface area contributed by atoms with Crippen LogP contribution < -0.4 is 9.62 Å². The van der Waals surface area contributed by atoms with Crippen LogP contribution in [0.25, 0.3) is 0 Å². The van der Waals surface area contributed by atoms with Crippen LogP contribution >= 0.6 is 0 Å². The predicted octanol–water partition coefficient (Wildman–Crippen LogP) is 4.45. The van der Waals surface area contributed by atoms with E-state index in [4.69, 9.17) is 0 Å². The van der Waals surface area contributed by atoms with E-state index in [0.717, 1.165) is 12.1 Å². The van der Waals surface area contributed by atoms with Gasteiger partial charge in [0.15, 0.2) is 0 Å². The van der Waals surface area contributed by atoms with Crippen LogP contribution in [-0.4, -0.2) is 44.3 Å². The van der Waals surface area contributed by atoms with Crippen LogP contribution in [0.1, 0.15) is 25.0 Å². The molecule has 1 unspecified atom stereocenters. The Morgan fingerprint density at radius 1 is 0.921 bits per heavy atom. The molecule has 3 aromatic carbocycles. The molecule has 0 fully saturated rings. The van der Waals surface area contributed by atoms with Crippen molar-refractivity contribution in [3.63, 3.8) is 0 Å². The van der Waals surface area contributed by atoms with Crippen molar-refractivity contribution in [2.24, 2.45) is 0 Å². The van der Waals surface area contributed by atoms with Crippen molar-refractivity contribution < 1.29 is 31.2 Å². The molecule has 0 saturated carbocycles. The van der Waals surface area contributed by atoms with Crippen LogP contribution in [0.3, 0.4) is 0 Å². The van der Waals surface area contributed by atoms with E-state index in [9.17, 15) is 31.2 Å². The highest BCUT2D eigenvalue weighted by Gasteiger charge is 2.35. The van der Waals surface area contributed by atoms with Crippen LogP contribution in [0, 0.1) is 0 Å². The fraction of sp³-hybridized carbons (Fsp3) is 0.259. The van der Waals surface area contributed by atoms with Crippen molar-refractivity contribution in [1.29, 1.82) is 0 Å². The SMILES string of the molecule is CCNC(=O)C(C)N(Cc1ccccc1)C(=O)CN(c1cccc(C(F)(F)F)c1)S(=O)(=O)c1ccccc1. The molecule has 38 heavy (non-hydrogen) atoms. The van der Waals surface area contributed by atoms with Gasteiger partial charge in [0, 0.05) is 13.1 Å². The summed E-state index contributed by atoms with van der Waals surface area (Å²) >= 11 is 0. The molecule has 0 bridgehead atoms. The molecule has 202 valence electrons. The van der Waals surface area contributed by atoms with Gasteiger partial charge in [-0.1, -0.05) is 54.6 Å². The zero-order valence-electron chi connectivity index (χ0n) is 20.9. The third-order valence-corrected chi connectivity index (χ3v) is 7.57. The molecule has 0 saturated heterocycles. The Morgan fingerprint density at radius 2 is 1.53 bits per heavy atom. The second-order valence-corrected chi connectivity index (χ2v) is 10.3. The van der Waals surface area contributed by atoms with E-state index in [1.807, 2.05) is 0 Å². The average molecular weight is 548 g/mol. The first-order valence-electron chi connectivity index (χ1n) is 11.8. The summed E-state index contributed by atoms with van der Waals surface area (Å²) in [6, 6.07) is 18.7. The number of carbonyl (C=O) groups excluding carboxylic acids is 2. The minimum absolute atomic E-state index is 0.0141. The van der Waals surface area contributed by atoms with Crippen molar-refractivity contribution in [2.75, 3.05) is 17.4 Å². The quantitative estimate of drug-likeness (QED) is 0.406. The lowest BCUT2D eigenvalue weighted by atomic mass is 10.1. The normalized spacial score (nSPS) is 12.4. The van der Waals surface area contributed by atoms with Crippen molar-refractivity contribution in [1.82, 2.24) is 10.2 Å². The highest BCUT2D eigenvalue weighted by atomic mass is 32.2. The summed E-state index contributed by atoms with van der Waals surface area (Å²) in [7, 11) is -4.46. The summed E-state index contributed by atoms with van der Waals surface area (Å²) in [6.07, 6.45) is -4.73. The van der Waals surface area contributed by atoms with Gasteiger partial charge in [-0.2, -0.15) is 13.2 Å². The topological polar surface area (TPSA) is 86.8 Å². The van der Waals surface area contributed by atoms with Crippen molar-refractivity contribution in [3.8, 4) is 0 Å². The number of nitrogens with one attached hydrogen (secondary N) is 1. The van der Waals surface area contributed by atoms with Gasteiger partial charge in [-0.05, 0) is 49.7 Å². The molecule has 3 rings (SSSR count). The zero-order valence-corrected chi connectivity index (χ0v) is 21.7. The zero-order chi connectivity index (χ0) is 27.9. The molecule has 2 amide bonds. The highest BCUT2D eigenvalue weighted by Crippen LogP contribution is 2.33. The lowest BCUT2D eigenvalue weighted by molar-refractivity contribution is -0.139. The molecule has 0 aliphatic rings. The molecule has 0 spiro atoms. The Morgan fingerprint density at radius 3 is 2.11 bits per heavy atom. The number of alkyl halides is 3. The minimum atomic E-state index is -4.73. The van der Waals surface area contributed by atoms with Gasteiger partial charge in [-0.3, -0.25) is 13.9 Å². The molecule has 0 heterocycles. The standard InChI is InChI=1S/C27H28F3N3O4S/c1-3-31-26(35)20(2)32(18-21-11-6-4-7-12-21)25(34)19-33(38(36,37)24-15-8-5-9-16-24)23-14-10-13-22(17-23)27(28,29)30/h4-17,20H,3,18-19H2,1-2H3,(H,31,35). The molecule has 7 nitrogen and oxygen atoms in total. The number of hydrogen-bond acceptors (Lipinski definition) is 4. The van der Waals surface area contributed by atoms with Gasteiger partial charge in [-0.25, -0.2) is 8.42 Å². The monoisotopic (exact) mass is 547 g/mol. The summed E-state index contributed by atoms with van der Waals surface area (Å²) < 4.78 is 68.3. The van der Waals surface area contributed by atoms with Crippen LogP contribution in [0.2, 0.25) is 0 Å². The number of rotatable bonds is 10. The fourth-order valence-corrected chi connectivity index (χ4v) is 5.20. The Balaban J connectivity index is 2.07. The van der Waals surface area contributed by atoms with Crippen LogP contribution in [0.4, 0.5) is 18.9 Å².